The summed E-state index contributed by atoms with van der Waals surface area (Å²) < 4.78 is 5.73. The van der Waals surface area contributed by atoms with Gasteiger partial charge in [0.1, 0.15) is 5.75 Å². The summed E-state index contributed by atoms with van der Waals surface area (Å²) >= 11 is 3.71. The number of hydrogen-bond acceptors (Lipinski definition) is 2. The predicted molar refractivity (Wildman–Crippen MR) is 88.2 cm³/mol. The van der Waals surface area contributed by atoms with Crippen molar-refractivity contribution in [2.24, 2.45) is 5.41 Å². The Morgan fingerprint density at radius 1 is 1.19 bits per heavy atom. The van der Waals surface area contributed by atoms with E-state index in [-0.39, 0.29) is 11.3 Å². The molecule has 4 heteroatoms. The number of carbonyl (C=O) groups excluding carboxylic acids is 1. The molecule has 0 saturated heterocycles. The maximum Gasteiger partial charge on any atom is 0.230 e. The molecule has 0 unspecified atom stereocenters. The lowest BCUT2D eigenvalue weighted by atomic mass is 9.75. The van der Waals surface area contributed by atoms with Crippen molar-refractivity contribution in [3.63, 3.8) is 0 Å². The first kappa shape index (κ1) is 14.9. The molecule has 1 aromatic carbocycles. The third kappa shape index (κ3) is 3.10. The highest BCUT2D eigenvalue weighted by molar-refractivity contribution is 9.09. The fourth-order valence-electron chi connectivity index (χ4n) is 3.46. The number of halogens is 1. The van der Waals surface area contributed by atoms with Crippen LogP contribution in [0.4, 0.5) is 5.69 Å². The van der Waals surface area contributed by atoms with E-state index in [1.807, 2.05) is 29.2 Å². The average molecular weight is 352 g/mol. The summed E-state index contributed by atoms with van der Waals surface area (Å²) in [6.45, 7) is 1.28. The second-order valence-electron chi connectivity index (χ2n) is 6.24. The molecule has 1 amide bonds. The number of benzene rings is 1. The Kier molecular flexibility index (Phi) is 4.53. The van der Waals surface area contributed by atoms with Gasteiger partial charge in [-0.25, -0.2) is 0 Å². The zero-order valence-corrected chi connectivity index (χ0v) is 13.9. The number of fused-ring (bicyclic) bond motifs is 1. The first-order valence-electron chi connectivity index (χ1n) is 7.82. The third-order valence-corrected chi connectivity index (χ3v) is 5.91. The number of nitrogens with zero attached hydrogens (tertiary/aromatic N) is 1. The smallest absolute Gasteiger partial charge is 0.230 e. The van der Waals surface area contributed by atoms with Gasteiger partial charge in [-0.2, -0.15) is 0 Å². The highest BCUT2D eigenvalue weighted by atomic mass is 79.9. The summed E-state index contributed by atoms with van der Waals surface area (Å²) in [6, 6.07) is 7.91. The molecule has 0 spiro atoms. The van der Waals surface area contributed by atoms with E-state index < -0.39 is 0 Å². The molecule has 1 heterocycles. The summed E-state index contributed by atoms with van der Waals surface area (Å²) in [5.74, 6) is 1.02. The molecule has 0 radical (unpaired) electrons. The molecule has 1 saturated carbocycles. The molecular formula is C17H22BrNO2. The van der Waals surface area contributed by atoms with Crippen LogP contribution in [-0.4, -0.2) is 24.4 Å². The van der Waals surface area contributed by atoms with Crippen molar-refractivity contribution in [3.05, 3.63) is 24.3 Å². The van der Waals surface area contributed by atoms with Crippen LogP contribution in [0.15, 0.2) is 24.3 Å². The second-order valence-corrected chi connectivity index (χ2v) is 6.80. The maximum atomic E-state index is 12.5. The Morgan fingerprint density at radius 3 is 2.71 bits per heavy atom. The number of amides is 1. The van der Waals surface area contributed by atoms with Crippen molar-refractivity contribution in [2.75, 3.05) is 23.4 Å². The first-order valence-corrected chi connectivity index (χ1v) is 8.94. The topological polar surface area (TPSA) is 29.5 Å². The van der Waals surface area contributed by atoms with Gasteiger partial charge in [-0.15, -0.1) is 0 Å². The molecule has 3 nitrogen and oxygen atoms in total. The Labute approximate surface area is 134 Å². The van der Waals surface area contributed by atoms with Crippen LogP contribution in [0.1, 0.15) is 38.5 Å². The Balaban J connectivity index is 1.90. The molecule has 1 aliphatic heterocycles. The van der Waals surface area contributed by atoms with Gasteiger partial charge in [0.05, 0.1) is 18.7 Å². The van der Waals surface area contributed by atoms with Gasteiger partial charge in [-0.1, -0.05) is 47.3 Å². The van der Waals surface area contributed by atoms with E-state index in [4.69, 9.17) is 4.74 Å². The first-order chi connectivity index (χ1) is 10.2. The zero-order valence-electron chi connectivity index (χ0n) is 12.3. The molecule has 0 atom stereocenters. The SMILES string of the molecule is O=C1CCOc2ccccc2N1CC1(CBr)CCCCC1. The molecular weight excluding hydrogens is 330 g/mol. The van der Waals surface area contributed by atoms with Crippen LogP contribution in [0.5, 0.6) is 5.75 Å². The summed E-state index contributed by atoms with van der Waals surface area (Å²) in [5.41, 5.74) is 1.15. The predicted octanol–water partition coefficient (Wildman–Crippen LogP) is 4.15. The summed E-state index contributed by atoms with van der Waals surface area (Å²) in [6.07, 6.45) is 6.73. The van der Waals surface area contributed by atoms with Crippen LogP contribution in [0.3, 0.4) is 0 Å². The average Bonchev–Trinajstić information content (AvgIpc) is 2.68. The molecule has 0 bridgehead atoms. The fourth-order valence-corrected chi connectivity index (χ4v) is 4.20. The molecule has 21 heavy (non-hydrogen) atoms. The van der Waals surface area contributed by atoms with Gasteiger partial charge in [-0.3, -0.25) is 4.79 Å². The van der Waals surface area contributed by atoms with Gasteiger partial charge in [0.15, 0.2) is 0 Å². The molecule has 1 aromatic rings. The van der Waals surface area contributed by atoms with Crippen LogP contribution in [0.25, 0.3) is 0 Å². The van der Waals surface area contributed by atoms with Gasteiger partial charge in [0.25, 0.3) is 0 Å². The number of carbonyl (C=O) groups is 1. The minimum absolute atomic E-state index is 0.186. The Morgan fingerprint density at radius 2 is 1.95 bits per heavy atom. The van der Waals surface area contributed by atoms with Gasteiger partial charge in [0, 0.05) is 11.9 Å². The largest absolute Gasteiger partial charge is 0.491 e. The van der Waals surface area contributed by atoms with Crippen molar-refractivity contribution in [1.29, 1.82) is 0 Å². The van der Waals surface area contributed by atoms with Crippen molar-refractivity contribution < 1.29 is 9.53 Å². The van der Waals surface area contributed by atoms with Gasteiger partial charge in [-0.05, 0) is 30.4 Å². The maximum absolute atomic E-state index is 12.5. The van der Waals surface area contributed by atoms with Crippen LogP contribution < -0.4 is 9.64 Å². The quantitative estimate of drug-likeness (QED) is 0.765. The van der Waals surface area contributed by atoms with Crippen LogP contribution >= 0.6 is 15.9 Å². The number of hydrogen-bond donors (Lipinski definition) is 0. The molecule has 3 rings (SSSR count). The van der Waals surface area contributed by atoms with Gasteiger partial charge >= 0.3 is 0 Å². The highest BCUT2D eigenvalue weighted by Gasteiger charge is 2.36. The number of alkyl halides is 1. The molecule has 1 fully saturated rings. The van der Waals surface area contributed by atoms with Crippen molar-refractivity contribution in [3.8, 4) is 5.75 Å². The van der Waals surface area contributed by atoms with E-state index in [2.05, 4.69) is 15.9 Å². The van der Waals surface area contributed by atoms with Crippen LogP contribution in [0, 0.1) is 5.41 Å². The van der Waals surface area contributed by atoms with E-state index in [9.17, 15) is 4.79 Å². The lowest BCUT2D eigenvalue weighted by Gasteiger charge is -2.39. The van der Waals surface area contributed by atoms with E-state index >= 15 is 0 Å². The number of anilines is 1. The van der Waals surface area contributed by atoms with E-state index in [1.165, 1.54) is 32.1 Å². The van der Waals surface area contributed by atoms with Crippen molar-refractivity contribution in [2.45, 2.75) is 38.5 Å². The highest BCUT2D eigenvalue weighted by Crippen LogP contribution is 2.41. The summed E-state index contributed by atoms with van der Waals surface area (Å²) in [5, 5.41) is 0.965. The second kappa shape index (κ2) is 6.39. The van der Waals surface area contributed by atoms with Gasteiger partial charge < -0.3 is 9.64 Å². The number of para-hydroxylation sites is 2. The van der Waals surface area contributed by atoms with Crippen molar-refractivity contribution in [1.82, 2.24) is 0 Å². The van der Waals surface area contributed by atoms with Crippen LogP contribution in [0.2, 0.25) is 0 Å². The number of ether oxygens (including phenoxy) is 1. The lowest BCUT2D eigenvalue weighted by Crippen LogP contribution is -2.43. The minimum atomic E-state index is 0.186. The Hall–Kier alpha value is -1.03. The van der Waals surface area contributed by atoms with Gasteiger partial charge in [0.2, 0.25) is 5.91 Å². The fraction of sp³-hybridized carbons (Fsp3) is 0.588. The van der Waals surface area contributed by atoms with E-state index in [1.54, 1.807) is 0 Å². The normalized spacial score (nSPS) is 21.4. The summed E-state index contributed by atoms with van der Waals surface area (Å²) in [4.78, 5) is 14.5. The molecule has 2 aliphatic rings. The zero-order chi connectivity index (χ0) is 14.7. The van der Waals surface area contributed by atoms with E-state index in [0.717, 1.165) is 23.3 Å². The molecule has 1 aliphatic carbocycles. The number of rotatable bonds is 3. The third-order valence-electron chi connectivity index (χ3n) is 4.72. The minimum Gasteiger partial charge on any atom is -0.491 e. The van der Waals surface area contributed by atoms with Crippen LogP contribution in [-0.2, 0) is 4.79 Å². The summed E-state index contributed by atoms with van der Waals surface area (Å²) in [7, 11) is 0. The lowest BCUT2D eigenvalue weighted by molar-refractivity contribution is -0.119. The van der Waals surface area contributed by atoms with Crippen molar-refractivity contribution >= 4 is 27.5 Å². The van der Waals surface area contributed by atoms with E-state index in [0.29, 0.717) is 13.0 Å². The Bertz CT molecular complexity index is 511. The molecule has 0 aromatic heterocycles. The standard InChI is InChI=1S/C17H22BrNO2/c18-12-17(9-4-1-5-10-17)13-19-14-6-2-3-7-15(14)21-11-8-16(19)20/h2-3,6-7H,1,4-5,8-13H2. The monoisotopic (exact) mass is 351 g/mol. The molecule has 0 N–H and O–H groups in total. The molecule has 114 valence electrons.